The zero-order valence-electron chi connectivity index (χ0n) is 14.6. The van der Waals surface area contributed by atoms with Crippen LogP contribution >= 0.6 is 0 Å². The Labute approximate surface area is 151 Å². The van der Waals surface area contributed by atoms with E-state index in [2.05, 4.69) is 5.32 Å². The number of esters is 1. The molecule has 7 heteroatoms. The van der Waals surface area contributed by atoms with Gasteiger partial charge in [-0.3, -0.25) is 0 Å². The largest absolute Gasteiger partial charge is 0.460 e. The third-order valence-electron chi connectivity index (χ3n) is 5.53. The molecular weight excluding hydrogens is 344 g/mol. The number of ether oxygens (including phenoxy) is 1. The van der Waals surface area contributed by atoms with Gasteiger partial charge in [0.2, 0.25) is 5.92 Å². The lowest BCUT2D eigenvalue weighted by Crippen LogP contribution is -2.49. The summed E-state index contributed by atoms with van der Waals surface area (Å²) in [5.41, 5.74) is -3.06. The summed E-state index contributed by atoms with van der Waals surface area (Å²) in [6.07, 6.45) is -0.0594. The Hall–Kier alpha value is -1.57. The SMILES string of the molecule is O=C(OCC1(O)CCNCC1)C(O)(c1ccccc1)C1CCC(F)(F)C1. The van der Waals surface area contributed by atoms with Gasteiger partial charge in [0.25, 0.3) is 0 Å². The molecule has 0 amide bonds. The van der Waals surface area contributed by atoms with Crippen molar-refractivity contribution < 1.29 is 28.5 Å². The quantitative estimate of drug-likeness (QED) is 0.692. The second-order valence-corrected chi connectivity index (χ2v) is 7.48. The first kappa shape index (κ1) is 19.2. The maximum atomic E-state index is 13.7. The van der Waals surface area contributed by atoms with Crippen LogP contribution in [0.2, 0.25) is 0 Å². The fraction of sp³-hybridized carbons (Fsp3) is 0.632. The van der Waals surface area contributed by atoms with E-state index in [1.54, 1.807) is 18.2 Å². The molecule has 0 aromatic heterocycles. The van der Waals surface area contributed by atoms with E-state index < -0.39 is 35.4 Å². The second-order valence-electron chi connectivity index (χ2n) is 7.48. The van der Waals surface area contributed by atoms with Gasteiger partial charge in [-0.2, -0.15) is 0 Å². The molecule has 2 aliphatic rings. The monoisotopic (exact) mass is 369 g/mol. The van der Waals surface area contributed by atoms with Crippen molar-refractivity contribution in [3.05, 3.63) is 35.9 Å². The predicted octanol–water partition coefficient (Wildman–Crippen LogP) is 1.97. The average molecular weight is 369 g/mol. The number of carbonyl (C=O) groups is 1. The number of alkyl halides is 2. The number of hydrogen-bond acceptors (Lipinski definition) is 5. The molecule has 1 aromatic carbocycles. The van der Waals surface area contributed by atoms with Crippen LogP contribution in [0.4, 0.5) is 8.78 Å². The van der Waals surface area contributed by atoms with E-state index >= 15 is 0 Å². The predicted molar refractivity (Wildman–Crippen MR) is 90.6 cm³/mol. The molecule has 2 unspecified atom stereocenters. The van der Waals surface area contributed by atoms with Crippen molar-refractivity contribution >= 4 is 5.97 Å². The van der Waals surface area contributed by atoms with E-state index in [0.29, 0.717) is 25.9 Å². The van der Waals surface area contributed by atoms with Gasteiger partial charge in [-0.25, -0.2) is 13.6 Å². The Balaban J connectivity index is 1.80. The van der Waals surface area contributed by atoms with Crippen molar-refractivity contribution in [3.63, 3.8) is 0 Å². The lowest BCUT2D eigenvalue weighted by molar-refractivity contribution is -0.182. The fourth-order valence-electron chi connectivity index (χ4n) is 3.87. The van der Waals surface area contributed by atoms with Crippen LogP contribution in [-0.2, 0) is 15.1 Å². The minimum absolute atomic E-state index is 0.0294. The van der Waals surface area contributed by atoms with Crippen LogP contribution in [0.3, 0.4) is 0 Å². The highest BCUT2D eigenvalue weighted by molar-refractivity contribution is 5.81. The Morgan fingerprint density at radius 2 is 1.88 bits per heavy atom. The molecule has 144 valence electrons. The number of carbonyl (C=O) groups excluding carboxylic acids is 1. The summed E-state index contributed by atoms with van der Waals surface area (Å²) in [6.45, 7) is 0.948. The molecular formula is C19H25F2NO4. The number of piperidine rings is 1. The van der Waals surface area contributed by atoms with Gasteiger partial charge in [-0.1, -0.05) is 30.3 Å². The molecule has 1 saturated carbocycles. The molecule has 5 nitrogen and oxygen atoms in total. The first-order chi connectivity index (χ1) is 12.3. The summed E-state index contributed by atoms with van der Waals surface area (Å²) in [5.74, 6) is -4.81. The van der Waals surface area contributed by atoms with Gasteiger partial charge in [0.05, 0.1) is 0 Å². The molecule has 0 radical (unpaired) electrons. The van der Waals surface area contributed by atoms with Crippen molar-refractivity contribution in [3.8, 4) is 0 Å². The molecule has 1 saturated heterocycles. The van der Waals surface area contributed by atoms with Crippen LogP contribution in [0.25, 0.3) is 0 Å². The molecule has 1 heterocycles. The van der Waals surface area contributed by atoms with Crippen LogP contribution in [0, 0.1) is 5.92 Å². The minimum Gasteiger partial charge on any atom is -0.460 e. The second kappa shape index (κ2) is 7.21. The van der Waals surface area contributed by atoms with Gasteiger partial charge in [-0.05, 0) is 37.9 Å². The smallest absolute Gasteiger partial charge is 0.343 e. The number of hydrogen-bond donors (Lipinski definition) is 3. The van der Waals surface area contributed by atoms with Crippen molar-refractivity contribution in [1.82, 2.24) is 5.32 Å². The first-order valence-electron chi connectivity index (χ1n) is 9.01. The molecule has 1 aliphatic heterocycles. The van der Waals surface area contributed by atoms with Crippen LogP contribution < -0.4 is 5.32 Å². The number of halogens is 2. The van der Waals surface area contributed by atoms with Crippen molar-refractivity contribution in [2.45, 2.75) is 49.2 Å². The normalized spacial score (nSPS) is 26.8. The maximum absolute atomic E-state index is 13.7. The van der Waals surface area contributed by atoms with Crippen LogP contribution in [0.15, 0.2) is 30.3 Å². The number of nitrogens with one attached hydrogen (secondary N) is 1. The van der Waals surface area contributed by atoms with Crippen LogP contribution in [0.5, 0.6) is 0 Å². The molecule has 2 atom stereocenters. The maximum Gasteiger partial charge on any atom is 0.343 e. The Morgan fingerprint density at radius 1 is 1.23 bits per heavy atom. The van der Waals surface area contributed by atoms with E-state index in [9.17, 15) is 23.8 Å². The van der Waals surface area contributed by atoms with E-state index in [4.69, 9.17) is 4.74 Å². The highest BCUT2D eigenvalue weighted by atomic mass is 19.3. The number of benzene rings is 1. The van der Waals surface area contributed by atoms with Gasteiger partial charge < -0.3 is 20.3 Å². The highest BCUT2D eigenvalue weighted by Gasteiger charge is 2.54. The third kappa shape index (κ3) is 3.89. The van der Waals surface area contributed by atoms with Crippen LogP contribution in [0.1, 0.15) is 37.7 Å². The standard InChI is InChI=1S/C19H25F2NO4/c20-18(21)7-6-15(12-18)19(25,14-4-2-1-3-5-14)16(23)26-13-17(24)8-10-22-11-9-17/h1-5,15,22,24-25H,6-13H2. The molecule has 26 heavy (non-hydrogen) atoms. The Morgan fingerprint density at radius 3 is 2.46 bits per heavy atom. The third-order valence-corrected chi connectivity index (χ3v) is 5.53. The zero-order chi connectivity index (χ0) is 18.8. The van der Waals surface area contributed by atoms with E-state index in [0.717, 1.165) is 0 Å². The zero-order valence-corrected chi connectivity index (χ0v) is 14.6. The average Bonchev–Trinajstić information content (AvgIpc) is 3.00. The van der Waals surface area contributed by atoms with Gasteiger partial charge in [0.1, 0.15) is 12.2 Å². The lowest BCUT2D eigenvalue weighted by atomic mass is 9.80. The van der Waals surface area contributed by atoms with Crippen molar-refractivity contribution in [1.29, 1.82) is 0 Å². The molecule has 1 aliphatic carbocycles. The minimum atomic E-state index is -2.90. The summed E-state index contributed by atoms with van der Waals surface area (Å²) in [4.78, 5) is 12.8. The molecule has 1 aromatic rings. The summed E-state index contributed by atoms with van der Waals surface area (Å²) < 4.78 is 32.7. The Kier molecular flexibility index (Phi) is 5.33. The summed E-state index contributed by atoms with van der Waals surface area (Å²) in [7, 11) is 0. The van der Waals surface area contributed by atoms with Crippen molar-refractivity contribution in [2.24, 2.45) is 5.92 Å². The summed E-state index contributed by atoms with van der Waals surface area (Å²) in [5, 5.41) is 24.8. The molecule has 3 rings (SSSR count). The number of rotatable bonds is 5. The van der Waals surface area contributed by atoms with E-state index in [1.165, 1.54) is 12.1 Å². The molecule has 2 fully saturated rings. The van der Waals surface area contributed by atoms with Gasteiger partial charge in [0.15, 0.2) is 5.60 Å². The molecule has 0 bridgehead atoms. The first-order valence-corrected chi connectivity index (χ1v) is 9.01. The lowest BCUT2D eigenvalue weighted by Gasteiger charge is -2.35. The summed E-state index contributed by atoms with van der Waals surface area (Å²) >= 11 is 0. The Bertz CT molecular complexity index is 634. The number of aliphatic hydroxyl groups is 2. The van der Waals surface area contributed by atoms with Crippen LogP contribution in [-0.4, -0.2) is 47.4 Å². The molecule has 0 spiro atoms. The topological polar surface area (TPSA) is 78.8 Å². The fourth-order valence-corrected chi connectivity index (χ4v) is 3.87. The van der Waals surface area contributed by atoms with Gasteiger partial charge in [0, 0.05) is 18.8 Å². The highest BCUT2D eigenvalue weighted by Crippen LogP contribution is 2.48. The van der Waals surface area contributed by atoms with Crippen molar-refractivity contribution in [2.75, 3.05) is 19.7 Å². The van der Waals surface area contributed by atoms with Gasteiger partial charge in [-0.15, -0.1) is 0 Å². The van der Waals surface area contributed by atoms with Gasteiger partial charge >= 0.3 is 5.97 Å². The van der Waals surface area contributed by atoms with E-state index in [1.807, 2.05) is 0 Å². The summed E-state index contributed by atoms with van der Waals surface area (Å²) in [6, 6.07) is 8.08. The van der Waals surface area contributed by atoms with E-state index in [-0.39, 0.29) is 25.0 Å². The molecule has 3 N–H and O–H groups in total.